The first-order chi connectivity index (χ1) is 8.29. The topological polar surface area (TPSA) is 46.3 Å². The van der Waals surface area contributed by atoms with Gasteiger partial charge >= 0.3 is 0 Å². The van der Waals surface area contributed by atoms with Crippen LogP contribution in [0.3, 0.4) is 0 Å². The summed E-state index contributed by atoms with van der Waals surface area (Å²) in [4.78, 5) is 13.5. The van der Waals surface area contributed by atoms with E-state index in [4.69, 9.17) is 16.1 Å². The zero-order valence-electron chi connectivity index (χ0n) is 9.56. The molecule has 0 spiro atoms. The Labute approximate surface area is 105 Å². The summed E-state index contributed by atoms with van der Waals surface area (Å²) in [5, 5.41) is 4.10. The summed E-state index contributed by atoms with van der Waals surface area (Å²) >= 11 is 5.61. The van der Waals surface area contributed by atoms with Crippen LogP contribution < -0.4 is 0 Å². The van der Waals surface area contributed by atoms with E-state index in [-0.39, 0.29) is 17.8 Å². The lowest BCUT2D eigenvalue weighted by molar-refractivity contribution is -0.129. The standard InChI is InChI=1S/C12H15ClN2O2/c13-7-12(16)15-5-1-2-10(15)11-6-9(14-17-11)8-3-4-8/h6,8,10H,1-5,7H2. The lowest BCUT2D eigenvalue weighted by Crippen LogP contribution is -2.31. The molecule has 1 aromatic heterocycles. The Morgan fingerprint density at radius 1 is 1.53 bits per heavy atom. The van der Waals surface area contributed by atoms with Gasteiger partial charge in [0, 0.05) is 18.5 Å². The van der Waals surface area contributed by atoms with Gasteiger partial charge in [0.2, 0.25) is 5.91 Å². The van der Waals surface area contributed by atoms with Gasteiger partial charge in [0.25, 0.3) is 0 Å². The van der Waals surface area contributed by atoms with Crippen LogP contribution in [0.4, 0.5) is 0 Å². The van der Waals surface area contributed by atoms with Crippen LogP contribution in [0.1, 0.15) is 49.1 Å². The van der Waals surface area contributed by atoms with Crippen molar-refractivity contribution in [2.45, 2.75) is 37.6 Å². The molecular weight excluding hydrogens is 240 g/mol. The number of hydrogen-bond donors (Lipinski definition) is 0. The minimum atomic E-state index is -0.0152. The van der Waals surface area contributed by atoms with Crippen LogP contribution in [0.15, 0.2) is 10.6 Å². The molecule has 2 fully saturated rings. The fourth-order valence-electron chi connectivity index (χ4n) is 2.47. The number of nitrogens with zero attached hydrogens (tertiary/aromatic N) is 2. The molecule has 1 saturated carbocycles. The summed E-state index contributed by atoms with van der Waals surface area (Å²) in [6, 6.07) is 2.06. The van der Waals surface area contributed by atoms with E-state index >= 15 is 0 Å². The van der Waals surface area contributed by atoms with Crippen molar-refractivity contribution in [2.24, 2.45) is 0 Å². The zero-order chi connectivity index (χ0) is 11.8. The highest BCUT2D eigenvalue weighted by Gasteiger charge is 2.34. The molecule has 3 rings (SSSR count). The first kappa shape index (κ1) is 11.1. The molecular formula is C12H15ClN2O2. The second kappa shape index (κ2) is 4.33. The van der Waals surface area contributed by atoms with E-state index in [1.807, 2.05) is 11.0 Å². The maximum Gasteiger partial charge on any atom is 0.238 e. The molecule has 2 aliphatic rings. The minimum absolute atomic E-state index is 0.0152. The number of amides is 1. The van der Waals surface area contributed by atoms with E-state index in [2.05, 4.69) is 5.16 Å². The minimum Gasteiger partial charge on any atom is -0.359 e. The highest BCUT2D eigenvalue weighted by molar-refractivity contribution is 6.27. The van der Waals surface area contributed by atoms with Crippen molar-refractivity contribution in [3.05, 3.63) is 17.5 Å². The molecule has 1 aromatic rings. The van der Waals surface area contributed by atoms with Crippen LogP contribution in [0, 0.1) is 0 Å². The monoisotopic (exact) mass is 254 g/mol. The third-order valence-corrected chi connectivity index (χ3v) is 3.79. The van der Waals surface area contributed by atoms with Crippen molar-refractivity contribution in [3.63, 3.8) is 0 Å². The third-order valence-electron chi connectivity index (χ3n) is 3.56. The summed E-state index contributed by atoms with van der Waals surface area (Å²) in [5.74, 6) is 1.44. The number of likely N-dealkylation sites (tertiary alicyclic amines) is 1. The van der Waals surface area contributed by atoms with Gasteiger partial charge < -0.3 is 9.42 Å². The summed E-state index contributed by atoms with van der Waals surface area (Å²) in [5.41, 5.74) is 1.05. The van der Waals surface area contributed by atoms with Gasteiger partial charge in [-0.15, -0.1) is 11.6 Å². The van der Waals surface area contributed by atoms with Gasteiger partial charge in [-0.05, 0) is 25.7 Å². The Morgan fingerprint density at radius 2 is 2.35 bits per heavy atom. The van der Waals surface area contributed by atoms with Crippen molar-refractivity contribution < 1.29 is 9.32 Å². The van der Waals surface area contributed by atoms with Gasteiger partial charge in [-0.1, -0.05) is 5.16 Å². The van der Waals surface area contributed by atoms with Gasteiger partial charge in [0.1, 0.15) is 5.88 Å². The summed E-state index contributed by atoms with van der Waals surface area (Å²) in [7, 11) is 0. The van der Waals surface area contributed by atoms with E-state index in [0.29, 0.717) is 5.92 Å². The number of hydrogen-bond acceptors (Lipinski definition) is 3. The largest absolute Gasteiger partial charge is 0.359 e. The number of halogens is 1. The molecule has 17 heavy (non-hydrogen) atoms. The fourth-order valence-corrected chi connectivity index (χ4v) is 2.62. The second-order valence-corrected chi connectivity index (χ2v) is 5.07. The summed E-state index contributed by atoms with van der Waals surface area (Å²) in [6.07, 6.45) is 4.37. The van der Waals surface area contributed by atoms with Crippen molar-refractivity contribution in [1.29, 1.82) is 0 Å². The smallest absolute Gasteiger partial charge is 0.238 e. The first-order valence-corrected chi connectivity index (χ1v) is 6.65. The molecule has 2 heterocycles. The summed E-state index contributed by atoms with van der Waals surface area (Å²) in [6.45, 7) is 0.773. The van der Waals surface area contributed by atoms with Gasteiger partial charge in [0.15, 0.2) is 5.76 Å². The number of rotatable bonds is 3. The molecule has 1 unspecified atom stereocenters. The van der Waals surface area contributed by atoms with Crippen LogP contribution >= 0.6 is 11.6 Å². The predicted octanol–water partition coefficient (Wildman–Crippen LogP) is 2.45. The summed E-state index contributed by atoms with van der Waals surface area (Å²) < 4.78 is 5.39. The van der Waals surface area contributed by atoms with E-state index < -0.39 is 0 Å². The van der Waals surface area contributed by atoms with Crippen LogP contribution in [0.25, 0.3) is 0 Å². The van der Waals surface area contributed by atoms with E-state index in [0.717, 1.165) is 30.8 Å². The maximum absolute atomic E-state index is 11.7. The van der Waals surface area contributed by atoms with Crippen LogP contribution in [-0.2, 0) is 4.79 Å². The molecule has 5 heteroatoms. The fraction of sp³-hybridized carbons (Fsp3) is 0.667. The van der Waals surface area contributed by atoms with Crippen LogP contribution in [-0.4, -0.2) is 28.4 Å². The molecule has 0 N–H and O–H groups in total. The number of aromatic nitrogens is 1. The average Bonchev–Trinajstić information content (AvgIpc) is 2.91. The van der Waals surface area contributed by atoms with Crippen molar-refractivity contribution >= 4 is 17.5 Å². The van der Waals surface area contributed by atoms with Gasteiger partial charge in [-0.3, -0.25) is 4.79 Å². The van der Waals surface area contributed by atoms with Crippen molar-refractivity contribution in [3.8, 4) is 0 Å². The normalized spacial score (nSPS) is 24.3. The van der Waals surface area contributed by atoms with Crippen LogP contribution in [0.5, 0.6) is 0 Å². The number of alkyl halides is 1. The first-order valence-electron chi connectivity index (χ1n) is 6.11. The molecule has 92 valence electrons. The number of carbonyl (C=O) groups excluding carboxylic acids is 1. The lowest BCUT2D eigenvalue weighted by atomic mass is 10.1. The van der Waals surface area contributed by atoms with Crippen molar-refractivity contribution in [1.82, 2.24) is 10.1 Å². The predicted molar refractivity (Wildman–Crippen MR) is 62.9 cm³/mol. The SMILES string of the molecule is O=C(CCl)N1CCCC1c1cc(C2CC2)no1. The molecule has 0 aromatic carbocycles. The highest BCUT2D eigenvalue weighted by Crippen LogP contribution is 2.41. The quantitative estimate of drug-likeness (QED) is 0.779. The number of carbonyl (C=O) groups is 1. The van der Waals surface area contributed by atoms with E-state index in [1.54, 1.807) is 0 Å². The van der Waals surface area contributed by atoms with E-state index in [1.165, 1.54) is 12.8 Å². The van der Waals surface area contributed by atoms with Crippen molar-refractivity contribution in [2.75, 3.05) is 12.4 Å². The molecule has 1 aliphatic carbocycles. The lowest BCUT2D eigenvalue weighted by Gasteiger charge is -2.21. The van der Waals surface area contributed by atoms with Gasteiger partial charge in [0.05, 0.1) is 11.7 Å². The molecule has 0 radical (unpaired) electrons. The van der Waals surface area contributed by atoms with Crippen LogP contribution in [0.2, 0.25) is 0 Å². The molecule has 0 bridgehead atoms. The second-order valence-electron chi connectivity index (χ2n) is 4.81. The molecule has 4 nitrogen and oxygen atoms in total. The maximum atomic E-state index is 11.7. The Kier molecular flexibility index (Phi) is 2.82. The zero-order valence-corrected chi connectivity index (χ0v) is 10.3. The molecule has 1 saturated heterocycles. The third kappa shape index (κ3) is 2.06. The van der Waals surface area contributed by atoms with E-state index in [9.17, 15) is 4.79 Å². The van der Waals surface area contributed by atoms with Gasteiger partial charge in [-0.25, -0.2) is 0 Å². The average molecular weight is 255 g/mol. The van der Waals surface area contributed by atoms with Gasteiger partial charge in [-0.2, -0.15) is 0 Å². The Hall–Kier alpha value is -1.03. The Morgan fingerprint density at radius 3 is 3.06 bits per heavy atom. The highest BCUT2D eigenvalue weighted by atomic mass is 35.5. The molecule has 1 amide bonds. The Bertz CT molecular complexity index is 428. The molecule has 1 atom stereocenters. The molecule has 1 aliphatic heterocycles. The Balaban J connectivity index is 1.78.